The lowest BCUT2D eigenvalue weighted by molar-refractivity contribution is -0.315. The summed E-state index contributed by atoms with van der Waals surface area (Å²) in [7, 11) is 7.21. The molecule has 0 saturated carbocycles. The molecule has 4 saturated heterocycles. The fourth-order valence-corrected chi connectivity index (χ4v) is 11.1. The number of unbranched alkanes of at least 4 members (excludes halogenated alkanes) is 1. The van der Waals surface area contributed by atoms with Gasteiger partial charge in [0.1, 0.15) is 17.5 Å². The number of amides is 1. The zero-order chi connectivity index (χ0) is 48.1. The maximum Gasteiger partial charge on any atom is 0.410 e. The van der Waals surface area contributed by atoms with E-state index in [1.165, 1.54) is 6.92 Å². The standard InChI is InChI=1S/C46H79N5O13/c1-17-34-46(12)38(51(43(55)64-46)21-19-18-20-48-49-47)28(5)36(53)25(2)23-44(10,56-15)39(63-42-27(4)33(50(13)14)22-26(3)58-42)29(6)37(30(7)41(54)61-34)62-35-24-45(11,57-16)40(31(8)59-35)60-32(9)52/h25-31,33-35,37-40,42H,17-24H2,1-16H3/t25-,26-,27-,28+,29+,30-,31+,33+,34-,35?,37+,38-,39-,40+,42?,44+,45-,46-/m1/s1. The highest BCUT2D eigenvalue weighted by atomic mass is 16.7. The van der Waals surface area contributed by atoms with Gasteiger partial charge in [0.25, 0.3) is 0 Å². The molecule has 18 nitrogen and oxygen atoms in total. The Bertz CT molecular complexity index is 1670. The molecule has 0 aliphatic carbocycles. The average molecular weight is 910 g/mol. The van der Waals surface area contributed by atoms with Crippen LogP contribution in [0.1, 0.15) is 122 Å². The molecule has 0 radical (unpaired) electrons. The van der Waals surface area contributed by atoms with Crippen LogP contribution in [0, 0.1) is 29.6 Å². The van der Waals surface area contributed by atoms with E-state index in [0.29, 0.717) is 12.8 Å². The molecular weight excluding hydrogens is 831 g/mol. The van der Waals surface area contributed by atoms with Gasteiger partial charge in [-0.25, -0.2) is 4.79 Å². The summed E-state index contributed by atoms with van der Waals surface area (Å²) < 4.78 is 58.1. The summed E-state index contributed by atoms with van der Waals surface area (Å²) in [5.41, 5.74) is 5.19. The molecule has 4 aliphatic rings. The first-order valence-electron chi connectivity index (χ1n) is 23.2. The largest absolute Gasteiger partial charge is 0.458 e. The lowest BCUT2D eigenvalue weighted by Gasteiger charge is -2.50. The van der Waals surface area contributed by atoms with Crippen LogP contribution in [-0.4, -0.2) is 153 Å². The van der Waals surface area contributed by atoms with E-state index < -0.39 is 108 Å². The van der Waals surface area contributed by atoms with Crippen LogP contribution >= 0.6 is 0 Å². The molecule has 2 unspecified atom stereocenters. The first-order valence-corrected chi connectivity index (χ1v) is 23.2. The average Bonchev–Trinajstić information content (AvgIpc) is 3.50. The van der Waals surface area contributed by atoms with Gasteiger partial charge in [-0.05, 0) is 93.3 Å². The Morgan fingerprint density at radius 1 is 0.906 bits per heavy atom. The molecule has 4 fully saturated rings. The summed E-state index contributed by atoms with van der Waals surface area (Å²) >= 11 is 0. The zero-order valence-electron chi connectivity index (χ0n) is 41.4. The topological polar surface area (TPSA) is 207 Å². The molecule has 0 N–H and O–H groups in total. The molecule has 0 aromatic heterocycles. The number of carbonyl (C=O) groups is 4. The molecule has 4 heterocycles. The molecule has 18 atom stereocenters. The number of ketones is 1. The monoisotopic (exact) mass is 910 g/mol. The minimum Gasteiger partial charge on any atom is -0.458 e. The number of carbonyl (C=O) groups excluding carboxylic acids is 4. The normalized spacial score (nSPS) is 42.5. The van der Waals surface area contributed by atoms with Crippen molar-refractivity contribution in [3.8, 4) is 0 Å². The van der Waals surface area contributed by atoms with E-state index in [-0.39, 0.29) is 56.2 Å². The Kier molecular flexibility index (Phi) is 18.5. The summed E-state index contributed by atoms with van der Waals surface area (Å²) in [6.45, 7) is 22.4. The van der Waals surface area contributed by atoms with Crippen molar-refractivity contribution in [1.82, 2.24) is 9.80 Å². The van der Waals surface area contributed by atoms with Gasteiger partial charge in [0, 0.05) is 75.3 Å². The van der Waals surface area contributed by atoms with Crippen LogP contribution in [0.15, 0.2) is 5.11 Å². The number of methoxy groups -OCH3 is 2. The van der Waals surface area contributed by atoms with Crippen LogP contribution in [0.3, 0.4) is 0 Å². The van der Waals surface area contributed by atoms with Crippen LogP contribution in [0.4, 0.5) is 4.79 Å². The molecule has 0 aromatic rings. The molecular formula is C46H79N5O13. The van der Waals surface area contributed by atoms with E-state index in [0.717, 1.165) is 6.42 Å². The van der Waals surface area contributed by atoms with Gasteiger partial charge >= 0.3 is 18.0 Å². The van der Waals surface area contributed by atoms with Crippen molar-refractivity contribution < 1.29 is 61.8 Å². The predicted octanol–water partition coefficient (Wildman–Crippen LogP) is 6.84. The van der Waals surface area contributed by atoms with Crippen molar-refractivity contribution >= 4 is 23.8 Å². The van der Waals surface area contributed by atoms with Crippen LogP contribution in [0.25, 0.3) is 10.4 Å². The number of azide groups is 1. The summed E-state index contributed by atoms with van der Waals surface area (Å²) in [6.07, 6.45) is -4.16. The highest BCUT2D eigenvalue weighted by Crippen LogP contribution is 2.45. The summed E-state index contributed by atoms with van der Waals surface area (Å²) in [6, 6.07) is -0.682. The maximum atomic E-state index is 14.9. The molecule has 0 aromatic carbocycles. The van der Waals surface area contributed by atoms with Crippen molar-refractivity contribution in [1.29, 1.82) is 0 Å². The third kappa shape index (κ3) is 11.5. The Labute approximate surface area is 380 Å². The van der Waals surface area contributed by atoms with Gasteiger partial charge in [-0.2, -0.15) is 0 Å². The fraction of sp³-hybridized carbons (Fsp3) is 0.913. The number of ether oxygens (including phenoxy) is 9. The lowest BCUT2D eigenvalue weighted by atomic mass is 9.73. The number of hydrogen-bond acceptors (Lipinski definition) is 15. The van der Waals surface area contributed by atoms with Crippen molar-refractivity contribution in [3.05, 3.63) is 10.4 Å². The summed E-state index contributed by atoms with van der Waals surface area (Å²) in [4.78, 5) is 62.5. The Balaban J connectivity index is 1.89. The van der Waals surface area contributed by atoms with Gasteiger partial charge in [0.2, 0.25) is 0 Å². The number of cyclic esters (lactones) is 1. The zero-order valence-corrected chi connectivity index (χ0v) is 41.4. The lowest BCUT2D eigenvalue weighted by Crippen LogP contribution is -2.61. The number of esters is 2. The molecule has 4 rings (SSSR count). The van der Waals surface area contributed by atoms with E-state index in [1.54, 1.807) is 46.8 Å². The predicted molar refractivity (Wildman–Crippen MR) is 236 cm³/mol. The van der Waals surface area contributed by atoms with E-state index in [4.69, 9.17) is 48.2 Å². The van der Waals surface area contributed by atoms with Crippen LogP contribution < -0.4 is 0 Å². The van der Waals surface area contributed by atoms with E-state index in [9.17, 15) is 19.2 Å². The Morgan fingerprint density at radius 3 is 2.12 bits per heavy atom. The second-order valence-corrected chi connectivity index (χ2v) is 19.8. The van der Waals surface area contributed by atoms with Crippen LogP contribution in [0.5, 0.6) is 0 Å². The van der Waals surface area contributed by atoms with Gasteiger partial charge in [-0.1, -0.05) is 39.7 Å². The molecule has 18 heteroatoms. The first-order chi connectivity index (χ1) is 29.9. The van der Waals surface area contributed by atoms with Crippen molar-refractivity contribution in [2.75, 3.05) is 41.4 Å². The highest BCUT2D eigenvalue weighted by molar-refractivity contribution is 5.85. The summed E-state index contributed by atoms with van der Waals surface area (Å²) in [5.74, 6) is -4.30. The smallest absolute Gasteiger partial charge is 0.410 e. The maximum absolute atomic E-state index is 14.9. The van der Waals surface area contributed by atoms with Gasteiger partial charge in [-0.15, -0.1) is 0 Å². The number of Topliss-reactive ketones (excluding diaryl/α,β-unsaturated/α-hetero) is 1. The van der Waals surface area contributed by atoms with Crippen LogP contribution in [0.2, 0.25) is 0 Å². The second-order valence-electron chi connectivity index (χ2n) is 19.8. The van der Waals surface area contributed by atoms with E-state index in [1.807, 2.05) is 55.6 Å². The number of nitrogens with zero attached hydrogens (tertiary/aromatic N) is 5. The molecule has 0 bridgehead atoms. The minimum atomic E-state index is -1.43. The van der Waals surface area contributed by atoms with Crippen molar-refractivity contribution in [3.63, 3.8) is 0 Å². The fourth-order valence-electron chi connectivity index (χ4n) is 11.1. The third-order valence-corrected chi connectivity index (χ3v) is 14.7. The third-order valence-electron chi connectivity index (χ3n) is 14.7. The number of fused-ring (bicyclic) bond motifs is 1. The van der Waals surface area contributed by atoms with Gasteiger partial charge < -0.3 is 52.4 Å². The van der Waals surface area contributed by atoms with Gasteiger partial charge in [0.05, 0.1) is 42.0 Å². The Hall–Kier alpha value is -3.09. The van der Waals surface area contributed by atoms with Crippen molar-refractivity contribution in [2.45, 2.75) is 200 Å². The quantitative estimate of drug-likeness (QED) is 0.0437. The summed E-state index contributed by atoms with van der Waals surface area (Å²) in [5, 5.41) is 3.63. The van der Waals surface area contributed by atoms with Crippen molar-refractivity contribution in [2.24, 2.45) is 34.7 Å². The second kappa shape index (κ2) is 22.1. The van der Waals surface area contributed by atoms with Crippen LogP contribution in [-0.2, 0) is 57.0 Å². The molecule has 366 valence electrons. The first kappa shape index (κ1) is 53.5. The Morgan fingerprint density at radius 2 is 1.55 bits per heavy atom. The SMILES string of the molecule is CC[C@H]1OC(=O)[C@H](C)[C@@H](OC2C[C@@](C)(OC)[C@@H](OC(C)=O)[C@H](C)O2)[C@H](C)[C@@H](OC2O[C@H](C)C[C@H](N(C)C)[C@H]2C)[C@@](C)(OC)C[C@@H](C)C(=O)[C@H](C)[C@H]2N(CCCCN=[N+]=[N-])C(=O)O[C@]12C. The molecule has 4 aliphatic heterocycles. The van der Waals surface area contributed by atoms with E-state index >= 15 is 0 Å². The number of rotatable bonds is 14. The number of hydrogen-bond donors (Lipinski definition) is 0. The molecule has 0 spiro atoms. The minimum absolute atomic E-state index is 0.0860. The van der Waals surface area contributed by atoms with E-state index in [2.05, 4.69) is 21.8 Å². The molecule has 64 heavy (non-hydrogen) atoms. The van der Waals surface area contributed by atoms with Gasteiger partial charge in [0.15, 0.2) is 24.3 Å². The highest BCUT2D eigenvalue weighted by Gasteiger charge is 2.61. The molecule has 1 amide bonds. The van der Waals surface area contributed by atoms with Gasteiger partial charge in [-0.3, -0.25) is 14.4 Å².